The Balaban J connectivity index is 1.41. The Morgan fingerprint density at radius 3 is 2.70 bits per heavy atom. The molecule has 3 rings (SSSR count). The highest BCUT2D eigenvalue weighted by molar-refractivity contribution is 5.50. The van der Waals surface area contributed by atoms with Crippen molar-refractivity contribution in [3.63, 3.8) is 0 Å². The predicted molar refractivity (Wildman–Crippen MR) is 132 cm³/mol. The molecule has 0 spiro atoms. The number of phenols is 2. The fourth-order valence-corrected chi connectivity index (χ4v) is 4.64. The van der Waals surface area contributed by atoms with Crippen molar-refractivity contribution in [2.45, 2.75) is 58.1 Å². The number of ether oxygens (including phenoxy) is 2. The highest BCUT2D eigenvalue weighted by atomic mass is 16.5. The van der Waals surface area contributed by atoms with Crippen molar-refractivity contribution in [2.75, 3.05) is 39.9 Å². The number of hydrogen-bond acceptors (Lipinski definition) is 6. The van der Waals surface area contributed by atoms with Gasteiger partial charge in [-0.05, 0) is 69.4 Å². The number of unbranched alkanes of at least 4 members (excludes halogenated alkanes) is 1. The lowest BCUT2D eigenvalue weighted by Crippen LogP contribution is -2.41. The van der Waals surface area contributed by atoms with Gasteiger partial charge in [-0.3, -0.25) is 4.90 Å². The average molecular weight is 457 g/mol. The van der Waals surface area contributed by atoms with Crippen LogP contribution in [-0.2, 0) is 24.2 Å². The first-order chi connectivity index (χ1) is 16.1. The number of fused-ring (bicyclic) bond motifs is 1. The summed E-state index contributed by atoms with van der Waals surface area (Å²) in [5.41, 5.74) is 3.17. The van der Waals surface area contributed by atoms with E-state index in [-0.39, 0.29) is 11.5 Å². The summed E-state index contributed by atoms with van der Waals surface area (Å²) in [4.78, 5) is 2.62. The van der Waals surface area contributed by atoms with E-state index >= 15 is 0 Å². The number of methoxy groups -OCH3 is 1. The zero-order chi connectivity index (χ0) is 23.5. The van der Waals surface area contributed by atoms with E-state index in [2.05, 4.69) is 17.1 Å². The first kappa shape index (κ1) is 25.3. The summed E-state index contributed by atoms with van der Waals surface area (Å²) in [6.07, 6.45) is 6.27. The van der Waals surface area contributed by atoms with Crippen molar-refractivity contribution >= 4 is 0 Å². The van der Waals surface area contributed by atoms with E-state index in [0.29, 0.717) is 19.3 Å². The summed E-state index contributed by atoms with van der Waals surface area (Å²) < 4.78 is 11.2. The second-order valence-corrected chi connectivity index (χ2v) is 8.85. The number of phenolic OH excluding ortho intramolecular Hbond substituents is 2. The van der Waals surface area contributed by atoms with Crippen LogP contribution in [0, 0.1) is 0 Å². The number of nitrogens with one attached hydrogen (secondary N) is 1. The third kappa shape index (κ3) is 7.36. The number of hydrogen-bond donors (Lipinski definition) is 3. The molecule has 0 saturated heterocycles. The van der Waals surface area contributed by atoms with Crippen molar-refractivity contribution in [3.8, 4) is 17.2 Å². The quantitative estimate of drug-likeness (QED) is 0.291. The number of para-hydroxylation sites is 1. The molecule has 0 heterocycles. The van der Waals surface area contributed by atoms with Crippen molar-refractivity contribution in [3.05, 3.63) is 53.1 Å². The molecule has 6 heteroatoms. The number of nitrogens with zero attached hydrogens (tertiary/aromatic N) is 1. The second-order valence-electron chi connectivity index (χ2n) is 8.85. The van der Waals surface area contributed by atoms with Crippen LogP contribution >= 0.6 is 0 Å². The van der Waals surface area contributed by atoms with Gasteiger partial charge in [0.2, 0.25) is 0 Å². The number of rotatable bonds is 14. The van der Waals surface area contributed by atoms with Gasteiger partial charge < -0.3 is 25.0 Å². The molecule has 2 aromatic rings. The molecule has 0 saturated carbocycles. The third-order valence-electron chi connectivity index (χ3n) is 6.46. The van der Waals surface area contributed by atoms with Crippen LogP contribution in [-0.4, -0.2) is 61.1 Å². The Morgan fingerprint density at radius 1 is 1.06 bits per heavy atom. The lowest BCUT2D eigenvalue weighted by Gasteiger charge is -2.35. The van der Waals surface area contributed by atoms with Gasteiger partial charge in [-0.1, -0.05) is 37.6 Å². The van der Waals surface area contributed by atoms with Gasteiger partial charge in [0.05, 0.1) is 6.61 Å². The van der Waals surface area contributed by atoms with Crippen LogP contribution in [0.15, 0.2) is 36.4 Å². The van der Waals surface area contributed by atoms with Gasteiger partial charge in [-0.15, -0.1) is 0 Å². The summed E-state index contributed by atoms with van der Waals surface area (Å²) in [6, 6.07) is 12.1. The SMILES string of the molecule is CCCCN(CCCNCCOc1ccccc1COC)[C@H]1CCc2c(ccc(O)c2O)C1. The summed E-state index contributed by atoms with van der Waals surface area (Å²) in [7, 11) is 1.70. The molecule has 33 heavy (non-hydrogen) atoms. The molecule has 1 atom stereocenters. The van der Waals surface area contributed by atoms with Gasteiger partial charge in [0, 0.05) is 30.8 Å². The lowest BCUT2D eigenvalue weighted by atomic mass is 9.86. The predicted octanol–water partition coefficient (Wildman–Crippen LogP) is 4.26. The summed E-state index contributed by atoms with van der Waals surface area (Å²) in [5.74, 6) is 0.957. The standard InChI is InChI=1S/C27H40N2O4/c1-3-4-16-29(23-11-12-24-21(19-23)10-13-25(30)27(24)31)17-7-14-28-15-18-33-26-9-6-5-8-22(26)20-32-2/h5-6,8-10,13,23,28,30-31H,3-4,7,11-12,14-20H2,1-2H3/t23-/m0/s1. The van der Waals surface area contributed by atoms with Gasteiger partial charge >= 0.3 is 0 Å². The molecule has 0 amide bonds. The zero-order valence-electron chi connectivity index (χ0n) is 20.2. The molecule has 0 aromatic heterocycles. The molecule has 182 valence electrons. The van der Waals surface area contributed by atoms with E-state index in [4.69, 9.17) is 9.47 Å². The molecule has 2 aromatic carbocycles. The Morgan fingerprint density at radius 2 is 1.88 bits per heavy atom. The second kappa shape index (κ2) is 13.4. The highest BCUT2D eigenvalue weighted by Crippen LogP contribution is 2.36. The smallest absolute Gasteiger partial charge is 0.160 e. The van der Waals surface area contributed by atoms with E-state index in [0.717, 1.165) is 68.7 Å². The molecule has 0 fully saturated rings. The van der Waals surface area contributed by atoms with Crippen molar-refractivity contribution in [2.24, 2.45) is 0 Å². The average Bonchev–Trinajstić information content (AvgIpc) is 2.83. The molecule has 0 unspecified atom stereocenters. The Kier molecular flexibility index (Phi) is 10.3. The van der Waals surface area contributed by atoms with Gasteiger partial charge in [-0.25, -0.2) is 0 Å². The maximum Gasteiger partial charge on any atom is 0.160 e. The van der Waals surface area contributed by atoms with Crippen LogP contribution in [0.25, 0.3) is 0 Å². The third-order valence-corrected chi connectivity index (χ3v) is 6.46. The highest BCUT2D eigenvalue weighted by Gasteiger charge is 2.26. The van der Waals surface area contributed by atoms with Crippen molar-refractivity contribution in [1.29, 1.82) is 0 Å². The van der Waals surface area contributed by atoms with E-state index in [1.165, 1.54) is 18.4 Å². The molecule has 6 nitrogen and oxygen atoms in total. The Hall–Kier alpha value is -2.28. The molecular weight excluding hydrogens is 416 g/mol. The molecule has 3 N–H and O–H groups in total. The topological polar surface area (TPSA) is 74.2 Å². The monoisotopic (exact) mass is 456 g/mol. The molecule has 0 bridgehead atoms. The molecular formula is C27H40N2O4. The number of benzene rings is 2. The van der Waals surface area contributed by atoms with Crippen LogP contribution in [0.2, 0.25) is 0 Å². The fourth-order valence-electron chi connectivity index (χ4n) is 4.64. The normalized spacial score (nSPS) is 15.5. The van der Waals surface area contributed by atoms with Crippen LogP contribution in [0.5, 0.6) is 17.2 Å². The molecule has 0 aliphatic heterocycles. The number of aromatic hydroxyl groups is 2. The zero-order valence-corrected chi connectivity index (χ0v) is 20.2. The lowest BCUT2D eigenvalue weighted by molar-refractivity contribution is 0.173. The van der Waals surface area contributed by atoms with E-state index in [1.807, 2.05) is 30.3 Å². The van der Waals surface area contributed by atoms with Crippen molar-refractivity contribution < 1.29 is 19.7 Å². The minimum absolute atomic E-state index is 0.00715. The van der Waals surface area contributed by atoms with Crippen molar-refractivity contribution in [1.82, 2.24) is 10.2 Å². The minimum atomic E-state index is -0.00715. The Bertz CT molecular complexity index is 858. The molecule has 1 aliphatic carbocycles. The van der Waals surface area contributed by atoms with E-state index in [1.54, 1.807) is 13.2 Å². The first-order valence-corrected chi connectivity index (χ1v) is 12.3. The van der Waals surface area contributed by atoms with Gasteiger partial charge in [0.25, 0.3) is 0 Å². The van der Waals surface area contributed by atoms with Crippen LogP contribution in [0.3, 0.4) is 0 Å². The van der Waals surface area contributed by atoms with Crippen LogP contribution in [0.1, 0.15) is 49.3 Å². The van der Waals surface area contributed by atoms with Gasteiger partial charge in [0.1, 0.15) is 12.4 Å². The molecule has 0 radical (unpaired) electrons. The maximum atomic E-state index is 10.2. The van der Waals surface area contributed by atoms with E-state index in [9.17, 15) is 10.2 Å². The fraction of sp³-hybridized carbons (Fsp3) is 0.556. The summed E-state index contributed by atoms with van der Waals surface area (Å²) in [5, 5.41) is 23.5. The molecule has 1 aliphatic rings. The minimum Gasteiger partial charge on any atom is -0.504 e. The largest absolute Gasteiger partial charge is 0.504 e. The van der Waals surface area contributed by atoms with E-state index < -0.39 is 0 Å². The van der Waals surface area contributed by atoms with Gasteiger partial charge in [-0.2, -0.15) is 0 Å². The van der Waals surface area contributed by atoms with Gasteiger partial charge in [0.15, 0.2) is 11.5 Å². The maximum absolute atomic E-state index is 10.2. The van der Waals surface area contributed by atoms with Crippen LogP contribution in [0.4, 0.5) is 0 Å². The Labute approximate surface area is 198 Å². The van der Waals surface area contributed by atoms with Crippen LogP contribution < -0.4 is 10.1 Å². The summed E-state index contributed by atoms with van der Waals surface area (Å²) in [6.45, 7) is 7.38. The summed E-state index contributed by atoms with van der Waals surface area (Å²) >= 11 is 0. The first-order valence-electron chi connectivity index (χ1n) is 12.3.